The van der Waals surface area contributed by atoms with E-state index in [0.29, 0.717) is 18.1 Å². The minimum Gasteiger partial charge on any atom is -0.354 e. The predicted molar refractivity (Wildman–Crippen MR) is 110 cm³/mol. The standard InChI is InChI=1S/C21H27N5O2/c1-15-7-4-5-11-25(15)12-6-10-22-19(27)14-26-21(28)20-17(13-23-26)16-8-2-3-9-18(16)24-20/h2-3,8-9,13,15,24H,4-7,10-12,14H2,1H3,(H,22,27). The molecule has 1 atom stereocenters. The van der Waals surface area contributed by atoms with Crippen LogP contribution in [-0.2, 0) is 11.3 Å². The molecular formula is C21H27N5O2. The van der Waals surface area contributed by atoms with Crippen molar-refractivity contribution in [1.82, 2.24) is 25.0 Å². The van der Waals surface area contributed by atoms with E-state index in [9.17, 15) is 9.59 Å². The van der Waals surface area contributed by atoms with E-state index in [-0.39, 0.29) is 18.0 Å². The zero-order valence-electron chi connectivity index (χ0n) is 16.3. The maximum absolute atomic E-state index is 12.7. The summed E-state index contributed by atoms with van der Waals surface area (Å²) in [6.45, 7) is 4.98. The van der Waals surface area contributed by atoms with Gasteiger partial charge in [-0.25, -0.2) is 4.68 Å². The first kappa shape index (κ1) is 18.7. The van der Waals surface area contributed by atoms with E-state index in [1.54, 1.807) is 6.20 Å². The number of carbonyl (C=O) groups excluding carboxylic acids is 1. The summed E-state index contributed by atoms with van der Waals surface area (Å²) < 4.78 is 1.22. The van der Waals surface area contributed by atoms with Crippen LogP contribution in [0.3, 0.4) is 0 Å². The van der Waals surface area contributed by atoms with Gasteiger partial charge in [0.2, 0.25) is 5.91 Å². The van der Waals surface area contributed by atoms with Crippen molar-refractivity contribution in [3.63, 3.8) is 0 Å². The molecule has 2 N–H and O–H groups in total. The number of nitrogens with zero attached hydrogens (tertiary/aromatic N) is 3. The molecule has 7 nitrogen and oxygen atoms in total. The minimum absolute atomic E-state index is 0.0652. The van der Waals surface area contributed by atoms with Crippen molar-refractivity contribution in [1.29, 1.82) is 0 Å². The van der Waals surface area contributed by atoms with Gasteiger partial charge in [-0.15, -0.1) is 0 Å². The second kappa shape index (κ2) is 8.14. The molecule has 0 radical (unpaired) electrons. The maximum Gasteiger partial charge on any atom is 0.291 e. The number of nitrogens with one attached hydrogen (secondary N) is 2. The number of carbonyl (C=O) groups is 1. The Kier molecular flexibility index (Phi) is 5.43. The summed E-state index contributed by atoms with van der Waals surface area (Å²) in [5.74, 6) is -0.184. The van der Waals surface area contributed by atoms with Crippen molar-refractivity contribution in [3.05, 3.63) is 40.8 Å². The van der Waals surface area contributed by atoms with Crippen molar-refractivity contribution in [2.24, 2.45) is 0 Å². The average molecular weight is 381 g/mol. The molecule has 2 aromatic heterocycles. The van der Waals surface area contributed by atoms with Crippen LogP contribution in [0.2, 0.25) is 0 Å². The van der Waals surface area contributed by atoms with E-state index in [1.165, 1.54) is 23.9 Å². The number of aromatic nitrogens is 3. The molecule has 3 aromatic rings. The van der Waals surface area contributed by atoms with E-state index in [1.807, 2.05) is 24.3 Å². The van der Waals surface area contributed by atoms with Gasteiger partial charge in [0.1, 0.15) is 12.1 Å². The summed E-state index contributed by atoms with van der Waals surface area (Å²) in [6.07, 6.45) is 6.41. The Balaban J connectivity index is 1.35. The molecule has 7 heteroatoms. The Morgan fingerprint density at radius 3 is 3.00 bits per heavy atom. The molecule has 28 heavy (non-hydrogen) atoms. The van der Waals surface area contributed by atoms with Crippen molar-refractivity contribution in [2.45, 2.75) is 45.2 Å². The number of hydrogen-bond donors (Lipinski definition) is 2. The van der Waals surface area contributed by atoms with Crippen molar-refractivity contribution >= 4 is 27.7 Å². The van der Waals surface area contributed by atoms with Gasteiger partial charge in [-0.2, -0.15) is 5.10 Å². The average Bonchev–Trinajstić information content (AvgIpc) is 3.08. The highest BCUT2D eigenvalue weighted by Gasteiger charge is 2.17. The van der Waals surface area contributed by atoms with E-state index in [0.717, 1.165) is 35.8 Å². The molecule has 1 aliphatic heterocycles. The summed E-state index contributed by atoms with van der Waals surface area (Å²) in [5, 5.41) is 8.86. The van der Waals surface area contributed by atoms with Crippen LogP contribution in [0.4, 0.5) is 0 Å². The number of rotatable bonds is 6. The molecule has 0 aliphatic carbocycles. The summed E-state index contributed by atoms with van der Waals surface area (Å²) in [7, 11) is 0. The fraction of sp³-hybridized carbons (Fsp3) is 0.476. The van der Waals surface area contributed by atoms with Gasteiger partial charge in [-0.3, -0.25) is 9.59 Å². The summed E-state index contributed by atoms with van der Waals surface area (Å²) in [6, 6.07) is 8.36. The van der Waals surface area contributed by atoms with Gasteiger partial charge >= 0.3 is 0 Å². The second-order valence-corrected chi connectivity index (χ2v) is 7.65. The quantitative estimate of drug-likeness (QED) is 0.642. The van der Waals surface area contributed by atoms with E-state index in [2.05, 4.69) is 27.2 Å². The molecule has 1 amide bonds. The molecule has 0 saturated carbocycles. The Morgan fingerprint density at radius 2 is 2.14 bits per heavy atom. The van der Waals surface area contributed by atoms with Crippen LogP contribution in [0, 0.1) is 0 Å². The summed E-state index contributed by atoms with van der Waals surface area (Å²) >= 11 is 0. The van der Waals surface area contributed by atoms with Crippen molar-refractivity contribution < 1.29 is 4.79 Å². The number of benzene rings is 1. The first-order chi connectivity index (χ1) is 13.6. The number of hydrogen-bond acceptors (Lipinski definition) is 4. The Hall–Kier alpha value is -2.67. The third-order valence-electron chi connectivity index (χ3n) is 5.70. The van der Waals surface area contributed by atoms with Crippen LogP contribution in [0.15, 0.2) is 35.3 Å². The molecule has 0 bridgehead atoms. The van der Waals surface area contributed by atoms with Crippen LogP contribution < -0.4 is 10.9 Å². The fourth-order valence-electron chi connectivity index (χ4n) is 4.08. The fourth-order valence-corrected chi connectivity index (χ4v) is 4.08. The third kappa shape index (κ3) is 3.80. The van der Waals surface area contributed by atoms with Crippen LogP contribution in [0.5, 0.6) is 0 Å². The van der Waals surface area contributed by atoms with Gasteiger partial charge in [0.05, 0.1) is 6.20 Å². The van der Waals surface area contributed by atoms with Crippen molar-refractivity contribution in [2.75, 3.05) is 19.6 Å². The summed E-state index contributed by atoms with van der Waals surface area (Å²) in [5.41, 5.74) is 1.11. The third-order valence-corrected chi connectivity index (χ3v) is 5.70. The van der Waals surface area contributed by atoms with Gasteiger partial charge in [0, 0.05) is 35.4 Å². The Bertz CT molecular complexity index is 1040. The largest absolute Gasteiger partial charge is 0.354 e. The summed E-state index contributed by atoms with van der Waals surface area (Å²) in [4.78, 5) is 30.6. The highest BCUT2D eigenvalue weighted by molar-refractivity contribution is 6.06. The smallest absolute Gasteiger partial charge is 0.291 e. The van der Waals surface area contributed by atoms with Gasteiger partial charge in [-0.05, 0) is 38.8 Å². The van der Waals surface area contributed by atoms with E-state index in [4.69, 9.17) is 0 Å². The number of amides is 1. The highest BCUT2D eigenvalue weighted by atomic mass is 16.2. The molecule has 1 unspecified atom stereocenters. The van der Waals surface area contributed by atoms with Gasteiger partial charge in [-0.1, -0.05) is 24.6 Å². The zero-order valence-corrected chi connectivity index (χ0v) is 16.3. The second-order valence-electron chi connectivity index (χ2n) is 7.65. The molecule has 3 heterocycles. The van der Waals surface area contributed by atoms with Gasteiger partial charge in [0.25, 0.3) is 5.56 Å². The van der Waals surface area contributed by atoms with E-state index >= 15 is 0 Å². The van der Waals surface area contributed by atoms with Crippen LogP contribution in [-0.4, -0.2) is 51.2 Å². The predicted octanol–water partition coefficient (Wildman–Crippen LogP) is 2.26. The number of fused-ring (bicyclic) bond motifs is 3. The maximum atomic E-state index is 12.7. The molecule has 1 saturated heterocycles. The molecule has 1 aliphatic rings. The zero-order chi connectivity index (χ0) is 19.5. The molecule has 1 aromatic carbocycles. The molecular weight excluding hydrogens is 354 g/mol. The van der Waals surface area contributed by atoms with Crippen molar-refractivity contribution in [3.8, 4) is 0 Å². The van der Waals surface area contributed by atoms with Crippen LogP contribution in [0.25, 0.3) is 21.8 Å². The Labute approximate surface area is 163 Å². The molecule has 148 valence electrons. The minimum atomic E-state index is -0.272. The van der Waals surface area contributed by atoms with E-state index < -0.39 is 0 Å². The lowest BCUT2D eigenvalue weighted by atomic mass is 10.0. The number of likely N-dealkylation sites (tertiary alicyclic amines) is 1. The first-order valence-corrected chi connectivity index (χ1v) is 10.1. The van der Waals surface area contributed by atoms with Gasteiger partial charge in [0.15, 0.2) is 0 Å². The molecule has 4 rings (SSSR count). The lowest BCUT2D eigenvalue weighted by molar-refractivity contribution is -0.121. The lowest BCUT2D eigenvalue weighted by Gasteiger charge is -2.33. The number of H-pyrrole nitrogens is 1. The topological polar surface area (TPSA) is 83.0 Å². The monoisotopic (exact) mass is 381 g/mol. The van der Waals surface area contributed by atoms with Crippen LogP contribution >= 0.6 is 0 Å². The lowest BCUT2D eigenvalue weighted by Crippen LogP contribution is -2.40. The first-order valence-electron chi connectivity index (χ1n) is 10.1. The normalized spacial score (nSPS) is 18.0. The van der Waals surface area contributed by atoms with Gasteiger partial charge < -0.3 is 15.2 Å². The Morgan fingerprint density at radius 1 is 1.29 bits per heavy atom. The molecule has 0 spiro atoms. The molecule has 1 fully saturated rings. The highest BCUT2D eigenvalue weighted by Crippen LogP contribution is 2.21. The number of aromatic amines is 1. The number of piperidine rings is 1. The SMILES string of the molecule is CC1CCCCN1CCCNC(=O)Cn1ncc2c([nH]c3ccccc32)c1=O. The number of para-hydroxylation sites is 1. The van der Waals surface area contributed by atoms with Crippen LogP contribution in [0.1, 0.15) is 32.6 Å².